The number of benzene rings is 1. The van der Waals surface area contributed by atoms with E-state index in [0.29, 0.717) is 12.1 Å². The van der Waals surface area contributed by atoms with Crippen LogP contribution in [0.5, 0.6) is 0 Å². The Morgan fingerprint density at radius 1 is 1.32 bits per heavy atom. The summed E-state index contributed by atoms with van der Waals surface area (Å²) in [6.45, 7) is -0.374. The van der Waals surface area contributed by atoms with Gasteiger partial charge in [0.25, 0.3) is 0 Å². The Balaban J connectivity index is 2.03. The predicted molar refractivity (Wildman–Crippen MR) is 54.2 cm³/mol. The fourth-order valence-electron chi connectivity index (χ4n) is 1.67. The Bertz CT molecular complexity index is 520. The van der Waals surface area contributed by atoms with Gasteiger partial charge in [-0.1, -0.05) is 0 Å². The number of cyclic esters (lactones) is 1. The van der Waals surface area contributed by atoms with E-state index < -0.39 is 47.6 Å². The molecule has 0 saturated carbocycles. The van der Waals surface area contributed by atoms with E-state index in [1.165, 1.54) is 0 Å². The van der Waals surface area contributed by atoms with Gasteiger partial charge in [0, 0.05) is 12.1 Å². The van der Waals surface area contributed by atoms with Crippen molar-refractivity contribution in [3.63, 3.8) is 0 Å². The summed E-state index contributed by atoms with van der Waals surface area (Å²) < 4.78 is 68.9. The van der Waals surface area contributed by atoms with Gasteiger partial charge in [-0.3, -0.25) is 0 Å². The highest BCUT2D eigenvalue weighted by atomic mass is 19.3. The molecule has 19 heavy (non-hydrogen) atoms. The second kappa shape index (κ2) is 4.67. The van der Waals surface area contributed by atoms with Crippen LogP contribution in [-0.2, 0) is 9.53 Å². The smallest absolute Gasteiger partial charge is 0.377 e. The summed E-state index contributed by atoms with van der Waals surface area (Å²) in [5.74, 6) is -9.01. The molecule has 1 atom stereocenters. The average Bonchev–Trinajstić information content (AvgIpc) is 2.56. The quantitative estimate of drug-likeness (QED) is 0.525. The Morgan fingerprint density at radius 3 is 2.58 bits per heavy atom. The van der Waals surface area contributed by atoms with E-state index in [0.717, 1.165) is 0 Å². The number of hydrogen-bond donors (Lipinski definition) is 1. The molecule has 0 aliphatic carbocycles. The highest BCUT2D eigenvalue weighted by molar-refractivity contribution is 5.79. The van der Waals surface area contributed by atoms with E-state index in [-0.39, 0.29) is 6.54 Å². The summed E-state index contributed by atoms with van der Waals surface area (Å²) in [6, 6.07) is 1.03. The summed E-state index contributed by atoms with van der Waals surface area (Å²) >= 11 is 0. The number of alkyl halides is 2. The number of carbonyl (C=O) groups excluding carboxylic acids is 1. The van der Waals surface area contributed by atoms with Gasteiger partial charge in [-0.2, -0.15) is 8.78 Å². The summed E-state index contributed by atoms with van der Waals surface area (Å²) in [5, 5.41) is 2.23. The van der Waals surface area contributed by atoms with Gasteiger partial charge in [0.1, 0.15) is 11.9 Å². The zero-order valence-electron chi connectivity index (χ0n) is 9.35. The minimum Gasteiger partial charge on any atom is -0.456 e. The van der Waals surface area contributed by atoms with Crippen LogP contribution in [0.1, 0.15) is 6.42 Å². The van der Waals surface area contributed by atoms with Gasteiger partial charge in [0.15, 0.2) is 11.6 Å². The number of ether oxygens (including phenoxy) is 1. The summed E-state index contributed by atoms with van der Waals surface area (Å²) in [7, 11) is 0. The van der Waals surface area contributed by atoms with Crippen molar-refractivity contribution in [3.05, 3.63) is 29.6 Å². The Hall–Kier alpha value is -1.86. The van der Waals surface area contributed by atoms with Gasteiger partial charge in [0.05, 0.1) is 18.7 Å². The highest BCUT2D eigenvalue weighted by Crippen LogP contribution is 2.31. The van der Waals surface area contributed by atoms with Gasteiger partial charge in [0.2, 0.25) is 0 Å². The molecule has 1 fully saturated rings. The standard InChI is InChI=1S/C11H8F5NO2/c12-5-1-7(13)9(14)8(2-5)17-4-6-3-11(15,16)10(18)19-6/h1-2,6,17H,3-4H2. The minimum absolute atomic E-state index is 0.351. The van der Waals surface area contributed by atoms with E-state index in [4.69, 9.17) is 0 Å². The number of rotatable bonds is 3. The molecule has 0 aromatic heterocycles. The molecule has 3 nitrogen and oxygen atoms in total. The van der Waals surface area contributed by atoms with Crippen molar-refractivity contribution < 1.29 is 31.5 Å². The van der Waals surface area contributed by atoms with E-state index in [1.807, 2.05) is 0 Å². The van der Waals surface area contributed by atoms with Crippen molar-refractivity contribution in [1.29, 1.82) is 0 Å². The Morgan fingerprint density at radius 2 is 2.00 bits per heavy atom. The van der Waals surface area contributed by atoms with Crippen LogP contribution in [0.4, 0.5) is 27.6 Å². The summed E-state index contributed by atoms with van der Waals surface area (Å²) in [5.41, 5.74) is -0.524. The summed E-state index contributed by atoms with van der Waals surface area (Å²) in [4.78, 5) is 10.7. The molecule has 104 valence electrons. The summed E-state index contributed by atoms with van der Waals surface area (Å²) in [6.07, 6.45) is -2.05. The lowest BCUT2D eigenvalue weighted by Crippen LogP contribution is -2.22. The number of carbonyl (C=O) groups is 1. The second-order valence-corrected chi connectivity index (χ2v) is 4.07. The van der Waals surface area contributed by atoms with Crippen LogP contribution in [0.15, 0.2) is 12.1 Å². The van der Waals surface area contributed by atoms with Gasteiger partial charge in [-0.15, -0.1) is 0 Å². The number of anilines is 1. The first-order valence-corrected chi connectivity index (χ1v) is 5.27. The molecule has 0 radical (unpaired) electrons. The molecule has 2 rings (SSSR count). The van der Waals surface area contributed by atoms with Gasteiger partial charge < -0.3 is 10.1 Å². The molecule has 1 unspecified atom stereocenters. The van der Waals surface area contributed by atoms with E-state index >= 15 is 0 Å². The van der Waals surface area contributed by atoms with E-state index in [9.17, 15) is 26.7 Å². The molecule has 1 aliphatic rings. The molecular formula is C11H8F5NO2. The molecule has 8 heteroatoms. The molecule has 1 aliphatic heterocycles. The topological polar surface area (TPSA) is 38.3 Å². The van der Waals surface area contributed by atoms with Crippen molar-refractivity contribution >= 4 is 11.7 Å². The lowest BCUT2D eigenvalue weighted by molar-refractivity contribution is -0.158. The monoisotopic (exact) mass is 281 g/mol. The number of esters is 1. The van der Waals surface area contributed by atoms with Crippen molar-refractivity contribution in [2.45, 2.75) is 18.4 Å². The van der Waals surface area contributed by atoms with Gasteiger partial charge in [-0.05, 0) is 0 Å². The number of hydrogen-bond acceptors (Lipinski definition) is 3. The van der Waals surface area contributed by atoms with Crippen LogP contribution in [-0.4, -0.2) is 24.5 Å². The number of halogens is 5. The lowest BCUT2D eigenvalue weighted by Gasteiger charge is -2.12. The van der Waals surface area contributed by atoms with Crippen LogP contribution in [0, 0.1) is 17.5 Å². The first kappa shape index (κ1) is 13.6. The molecule has 1 aromatic rings. The zero-order valence-corrected chi connectivity index (χ0v) is 9.35. The van der Waals surface area contributed by atoms with Crippen LogP contribution >= 0.6 is 0 Å². The third-order valence-electron chi connectivity index (χ3n) is 2.57. The SMILES string of the molecule is O=C1OC(CNc2cc(F)cc(F)c2F)CC1(F)F. The van der Waals surface area contributed by atoms with Crippen LogP contribution in [0.2, 0.25) is 0 Å². The molecule has 0 bridgehead atoms. The maximum Gasteiger partial charge on any atom is 0.377 e. The Kier molecular flexibility index (Phi) is 3.34. The van der Waals surface area contributed by atoms with Crippen LogP contribution < -0.4 is 5.32 Å². The largest absolute Gasteiger partial charge is 0.456 e. The lowest BCUT2D eigenvalue weighted by atomic mass is 10.2. The van der Waals surface area contributed by atoms with Crippen molar-refractivity contribution in [2.24, 2.45) is 0 Å². The molecule has 1 heterocycles. The third kappa shape index (κ3) is 2.77. The van der Waals surface area contributed by atoms with Crippen LogP contribution in [0.25, 0.3) is 0 Å². The Labute approximate surface area is 104 Å². The van der Waals surface area contributed by atoms with Crippen molar-refractivity contribution in [2.75, 3.05) is 11.9 Å². The molecule has 0 spiro atoms. The first-order chi connectivity index (χ1) is 8.79. The molecule has 1 saturated heterocycles. The highest BCUT2D eigenvalue weighted by Gasteiger charge is 2.50. The average molecular weight is 281 g/mol. The molecule has 1 aromatic carbocycles. The van der Waals surface area contributed by atoms with Crippen molar-refractivity contribution in [1.82, 2.24) is 0 Å². The molecule has 1 N–H and O–H groups in total. The third-order valence-corrected chi connectivity index (χ3v) is 2.57. The van der Waals surface area contributed by atoms with E-state index in [2.05, 4.69) is 10.1 Å². The fraction of sp³-hybridized carbons (Fsp3) is 0.364. The van der Waals surface area contributed by atoms with E-state index in [1.54, 1.807) is 0 Å². The van der Waals surface area contributed by atoms with Gasteiger partial charge >= 0.3 is 11.9 Å². The zero-order chi connectivity index (χ0) is 14.2. The van der Waals surface area contributed by atoms with Crippen molar-refractivity contribution in [3.8, 4) is 0 Å². The van der Waals surface area contributed by atoms with Gasteiger partial charge in [-0.25, -0.2) is 18.0 Å². The second-order valence-electron chi connectivity index (χ2n) is 4.07. The molecular weight excluding hydrogens is 273 g/mol. The normalized spacial score (nSPS) is 21.3. The number of nitrogens with one attached hydrogen (secondary N) is 1. The predicted octanol–water partition coefficient (Wildman–Crippen LogP) is 2.47. The minimum atomic E-state index is -3.59. The molecule has 0 amide bonds. The maximum atomic E-state index is 13.2. The first-order valence-electron chi connectivity index (χ1n) is 5.27. The fourth-order valence-corrected chi connectivity index (χ4v) is 1.67. The van der Waals surface area contributed by atoms with Crippen LogP contribution in [0.3, 0.4) is 0 Å². The maximum absolute atomic E-state index is 13.2.